The number of aliphatic hydroxyl groups is 1. The Morgan fingerprint density at radius 2 is 2.12 bits per heavy atom. The molecule has 1 heterocycles. The molecule has 0 saturated carbocycles. The Balaban J connectivity index is 2.63. The van der Waals surface area contributed by atoms with Crippen LogP contribution in [0.25, 0.3) is 0 Å². The fraction of sp³-hybridized carbons (Fsp3) is 0.571. The van der Waals surface area contributed by atoms with Gasteiger partial charge in [0.25, 0.3) is 0 Å². The summed E-state index contributed by atoms with van der Waals surface area (Å²) in [6, 6.07) is 2.04. The summed E-state index contributed by atoms with van der Waals surface area (Å²) in [6.07, 6.45) is 1.19. The van der Waals surface area contributed by atoms with Crippen LogP contribution in [0.2, 0.25) is 0 Å². The SMILES string of the molecule is Cc1cc(OCO)c(C)c2c1SCCC2(C)C. The first-order valence-electron chi connectivity index (χ1n) is 5.98. The van der Waals surface area contributed by atoms with Gasteiger partial charge in [-0.3, -0.25) is 0 Å². The summed E-state index contributed by atoms with van der Waals surface area (Å²) in [6.45, 7) is 8.54. The van der Waals surface area contributed by atoms with Gasteiger partial charge in [0.15, 0.2) is 6.79 Å². The van der Waals surface area contributed by atoms with Gasteiger partial charge in [-0.15, -0.1) is 11.8 Å². The van der Waals surface area contributed by atoms with Crippen LogP contribution >= 0.6 is 11.8 Å². The summed E-state index contributed by atoms with van der Waals surface area (Å²) in [5.41, 5.74) is 4.03. The predicted octanol–water partition coefficient (Wildman–Crippen LogP) is 3.41. The number of hydrogen-bond donors (Lipinski definition) is 1. The van der Waals surface area contributed by atoms with Crippen LogP contribution in [0.4, 0.5) is 0 Å². The lowest BCUT2D eigenvalue weighted by Gasteiger charge is -2.35. The van der Waals surface area contributed by atoms with E-state index in [0.29, 0.717) is 0 Å². The van der Waals surface area contributed by atoms with Crippen LogP contribution in [0.15, 0.2) is 11.0 Å². The first kappa shape index (κ1) is 12.8. The van der Waals surface area contributed by atoms with E-state index in [2.05, 4.69) is 27.7 Å². The normalized spacial score (nSPS) is 17.7. The van der Waals surface area contributed by atoms with Crippen molar-refractivity contribution in [2.24, 2.45) is 0 Å². The van der Waals surface area contributed by atoms with Gasteiger partial charge in [-0.2, -0.15) is 0 Å². The Morgan fingerprint density at radius 3 is 2.76 bits per heavy atom. The third kappa shape index (κ3) is 2.18. The standard InChI is InChI=1S/C14H20O2S/c1-9-7-11(16-8-15)10(2)12-13(9)17-6-5-14(12,3)4/h7,15H,5-6,8H2,1-4H3. The molecule has 0 aliphatic carbocycles. The van der Waals surface area contributed by atoms with E-state index in [1.165, 1.54) is 33.8 Å². The number of thioether (sulfide) groups is 1. The molecule has 1 aromatic rings. The summed E-state index contributed by atoms with van der Waals surface area (Å²) < 4.78 is 5.32. The van der Waals surface area contributed by atoms with Crippen molar-refractivity contribution in [3.8, 4) is 5.75 Å². The molecule has 2 rings (SSSR count). The minimum Gasteiger partial charge on any atom is -0.467 e. The number of rotatable bonds is 2. The molecule has 0 spiro atoms. The Labute approximate surface area is 107 Å². The van der Waals surface area contributed by atoms with Crippen LogP contribution in [-0.2, 0) is 5.41 Å². The second-order valence-electron chi connectivity index (χ2n) is 5.28. The summed E-state index contributed by atoms with van der Waals surface area (Å²) >= 11 is 1.94. The highest BCUT2D eigenvalue weighted by Gasteiger charge is 2.31. The van der Waals surface area contributed by atoms with Gasteiger partial charge in [-0.05, 0) is 54.2 Å². The molecule has 1 aliphatic rings. The third-order valence-electron chi connectivity index (χ3n) is 3.55. The van der Waals surface area contributed by atoms with E-state index >= 15 is 0 Å². The first-order chi connectivity index (χ1) is 7.97. The molecule has 1 aliphatic heterocycles. The molecule has 0 radical (unpaired) electrons. The Kier molecular flexibility index (Phi) is 3.41. The number of fused-ring (bicyclic) bond motifs is 1. The van der Waals surface area contributed by atoms with Crippen LogP contribution < -0.4 is 4.74 Å². The highest BCUT2D eigenvalue weighted by molar-refractivity contribution is 7.99. The Hall–Kier alpha value is -0.670. The zero-order chi connectivity index (χ0) is 12.6. The van der Waals surface area contributed by atoms with Gasteiger partial charge in [-0.1, -0.05) is 13.8 Å². The average molecular weight is 252 g/mol. The smallest absolute Gasteiger partial charge is 0.186 e. The third-order valence-corrected chi connectivity index (χ3v) is 4.77. The molecule has 3 heteroatoms. The molecule has 0 saturated heterocycles. The molecule has 2 nitrogen and oxygen atoms in total. The molecule has 17 heavy (non-hydrogen) atoms. The van der Waals surface area contributed by atoms with Gasteiger partial charge >= 0.3 is 0 Å². The molecule has 1 N–H and O–H groups in total. The number of ether oxygens (including phenoxy) is 1. The second-order valence-corrected chi connectivity index (χ2v) is 6.38. The molecule has 94 valence electrons. The molecule has 0 atom stereocenters. The van der Waals surface area contributed by atoms with Gasteiger partial charge in [0.2, 0.25) is 0 Å². The quantitative estimate of drug-likeness (QED) is 0.818. The number of hydrogen-bond acceptors (Lipinski definition) is 3. The lowest BCUT2D eigenvalue weighted by molar-refractivity contribution is 0.0975. The summed E-state index contributed by atoms with van der Waals surface area (Å²) in [5, 5.41) is 8.94. The van der Waals surface area contributed by atoms with Crippen molar-refractivity contribution < 1.29 is 9.84 Å². The van der Waals surface area contributed by atoms with Crippen molar-refractivity contribution in [3.05, 3.63) is 22.8 Å². The van der Waals surface area contributed by atoms with Crippen LogP contribution in [0, 0.1) is 13.8 Å². The van der Waals surface area contributed by atoms with Gasteiger partial charge in [0, 0.05) is 4.90 Å². The zero-order valence-corrected chi connectivity index (χ0v) is 11.8. The zero-order valence-electron chi connectivity index (χ0n) is 11.0. The van der Waals surface area contributed by atoms with Gasteiger partial charge in [0.05, 0.1) is 0 Å². The number of aliphatic hydroxyl groups excluding tert-OH is 1. The van der Waals surface area contributed by atoms with Crippen LogP contribution in [0.3, 0.4) is 0 Å². The highest BCUT2D eigenvalue weighted by Crippen LogP contribution is 2.47. The average Bonchev–Trinajstić information content (AvgIpc) is 2.24. The Morgan fingerprint density at radius 1 is 1.41 bits per heavy atom. The number of benzene rings is 1. The summed E-state index contributed by atoms with van der Waals surface area (Å²) in [7, 11) is 0. The fourth-order valence-electron chi connectivity index (χ4n) is 2.61. The molecular formula is C14H20O2S. The minimum absolute atomic E-state index is 0.199. The van der Waals surface area contributed by atoms with E-state index in [1.54, 1.807) is 0 Å². The van der Waals surface area contributed by atoms with Gasteiger partial charge in [0.1, 0.15) is 5.75 Å². The van der Waals surface area contributed by atoms with Gasteiger partial charge < -0.3 is 9.84 Å². The maximum atomic E-state index is 8.94. The maximum absolute atomic E-state index is 8.94. The second kappa shape index (κ2) is 4.54. The van der Waals surface area contributed by atoms with E-state index in [-0.39, 0.29) is 12.2 Å². The lowest BCUT2D eigenvalue weighted by atomic mass is 9.78. The predicted molar refractivity (Wildman–Crippen MR) is 72.0 cm³/mol. The summed E-state index contributed by atoms with van der Waals surface area (Å²) in [5.74, 6) is 2.00. The van der Waals surface area contributed by atoms with Crippen molar-refractivity contribution in [2.45, 2.75) is 44.4 Å². The first-order valence-corrected chi connectivity index (χ1v) is 6.97. The summed E-state index contributed by atoms with van der Waals surface area (Å²) in [4.78, 5) is 1.41. The molecule has 0 aromatic heterocycles. The fourth-order valence-corrected chi connectivity index (χ4v) is 4.29. The molecule has 0 fully saturated rings. The van der Waals surface area contributed by atoms with Crippen molar-refractivity contribution in [1.29, 1.82) is 0 Å². The van der Waals surface area contributed by atoms with Crippen molar-refractivity contribution in [3.63, 3.8) is 0 Å². The van der Waals surface area contributed by atoms with Crippen molar-refractivity contribution in [2.75, 3.05) is 12.5 Å². The molecular weight excluding hydrogens is 232 g/mol. The minimum atomic E-state index is -0.257. The maximum Gasteiger partial charge on any atom is 0.186 e. The highest BCUT2D eigenvalue weighted by atomic mass is 32.2. The van der Waals surface area contributed by atoms with Crippen LogP contribution in [0.1, 0.15) is 37.0 Å². The van der Waals surface area contributed by atoms with E-state index in [9.17, 15) is 0 Å². The lowest BCUT2D eigenvalue weighted by Crippen LogP contribution is -2.25. The van der Waals surface area contributed by atoms with E-state index in [0.717, 1.165) is 5.75 Å². The van der Waals surface area contributed by atoms with E-state index in [4.69, 9.17) is 9.84 Å². The van der Waals surface area contributed by atoms with Crippen LogP contribution in [-0.4, -0.2) is 17.7 Å². The topological polar surface area (TPSA) is 29.5 Å². The molecule has 0 bridgehead atoms. The Bertz CT molecular complexity index is 438. The van der Waals surface area contributed by atoms with E-state index < -0.39 is 0 Å². The molecule has 0 amide bonds. The van der Waals surface area contributed by atoms with E-state index in [1.807, 2.05) is 17.8 Å². The van der Waals surface area contributed by atoms with Crippen LogP contribution in [0.5, 0.6) is 5.75 Å². The van der Waals surface area contributed by atoms with Gasteiger partial charge in [-0.25, -0.2) is 0 Å². The molecule has 1 aromatic carbocycles. The number of aryl methyl sites for hydroxylation is 1. The van der Waals surface area contributed by atoms with Crippen molar-refractivity contribution >= 4 is 11.8 Å². The monoisotopic (exact) mass is 252 g/mol. The van der Waals surface area contributed by atoms with Crippen molar-refractivity contribution in [1.82, 2.24) is 0 Å². The largest absolute Gasteiger partial charge is 0.467 e. The molecule has 0 unspecified atom stereocenters.